The van der Waals surface area contributed by atoms with Crippen molar-refractivity contribution in [2.75, 3.05) is 13.2 Å². The Hall–Kier alpha value is -3.71. The van der Waals surface area contributed by atoms with Crippen molar-refractivity contribution in [1.82, 2.24) is 20.2 Å². The molecule has 1 saturated heterocycles. The maximum Gasteiger partial charge on any atom is 0.270 e. The molecule has 0 saturated carbocycles. The van der Waals surface area contributed by atoms with Gasteiger partial charge in [0.05, 0.1) is 24.4 Å². The Balaban J connectivity index is 1.43. The fourth-order valence-electron chi connectivity index (χ4n) is 4.67. The summed E-state index contributed by atoms with van der Waals surface area (Å²) in [6.07, 6.45) is 3.64. The molecule has 7 heteroatoms. The van der Waals surface area contributed by atoms with Gasteiger partial charge in [0.2, 0.25) is 5.91 Å². The second kappa shape index (κ2) is 9.03. The maximum atomic E-state index is 13.4. The molecular formula is C26H26N4O3. The molecule has 2 unspecified atom stereocenters. The summed E-state index contributed by atoms with van der Waals surface area (Å²) in [6.45, 7) is 0.515. The number of nitrogens with zero attached hydrogens (tertiary/aromatic N) is 2. The Kier molecular flexibility index (Phi) is 5.79. The number of para-hydroxylation sites is 1. The number of nitrogens with one attached hydrogen (secondary N) is 2. The number of carbonyl (C=O) groups excluding carboxylic acids is 2. The third kappa shape index (κ3) is 4.19. The lowest BCUT2D eigenvalue weighted by Gasteiger charge is -2.28. The van der Waals surface area contributed by atoms with Gasteiger partial charge in [0.15, 0.2) is 0 Å². The van der Waals surface area contributed by atoms with Crippen molar-refractivity contribution < 1.29 is 14.7 Å². The van der Waals surface area contributed by atoms with E-state index in [1.807, 2.05) is 54.6 Å². The molecule has 2 amide bonds. The summed E-state index contributed by atoms with van der Waals surface area (Å²) in [4.78, 5) is 36.0. The van der Waals surface area contributed by atoms with E-state index in [4.69, 9.17) is 0 Å². The van der Waals surface area contributed by atoms with Crippen LogP contribution in [0.25, 0.3) is 21.8 Å². The van der Waals surface area contributed by atoms with Crippen molar-refractivity contribution >= 4 is 33.6 Å². The lowest BCUT2D eigenvalue weighted by Crippen LogP contribution is -2.51. The first kappa shape index (κ1) is 21.2. The molecule has 0 bridgehead atoms. The number of fused-ring (bicyclic) bond motifs is 3. The second-order valence-electron chi connectivity index (χ2n) is 8.51. The standard InChI is InChI=1S/C26H26N4O3/c31-16-18-9-6-12-30(18)26(33)23(13-17-7-2-1-3-8-17)29-25(32)22-14-20-19-10-4-5-11-21(19)28-24(20)15-27-22/h1-5,7-8,10-11,14-15,18,23,28,31H,6,9,12-13,16H2,(H,29,32). The van der Waals surface area contributed by atoms with E-state index in [1.165, 1.54) is 0 Å². The number of H-pyrrole nitrogens is 1. The summed E-state index contributed by atoms with van der Waals surface area (Å²) >= 11 is 0. The molecule has 1 fully saturated rings. The molecule has 4 aromatic rings. The van der Waals surface area contributed by atoms with Crippen LogP contribution in [-0.2, 0) is 11.2 Å². The molecular weight excluding hydrogens is 416 g/mol. The topological polar surface area (TPSA) is 98.3 Å². The van der Waals surface area contributed by atoms with Crippen LogP contribution in [0.5, 0.6) is 0 Å². The lowest BCUT2D eigenvalue weighted by atomic mass is 10.0. The second-order valence-corrected chi connectivity index (χ2v) is 8.51. The van der Waals surface area contributed by atoms with E-state index in [1.54, 1.807) is 17.2 Å². The summed E-state index contributed by atoms with van der Waals surface area (Å²) in [7, 11) is 0. The Labute approximate surface area is 191 Å². The van der Waals surface area contributed by atoms with Crippen LogP contribution in [0.15, 0.2) is 66.9 Å². The zero-order valence-corrected chi connectivity index (χ0v) is 18.2. The van der Waals surface area contributed by atoms with E-state index in [2.05, 4.69) is 15.3 Å². The number of carbonyl (C=O) groups is 2. The number of amides is 2. The van der Waals surface area contributed by atoms with Crippen LogP contribution in [0.3, 0.4) is 0 Å². The average Bonchev–Trinajstić information content (AvgIpc) is 3.48. The van der Waals surface area contributed by atoms with Crippen LogP contribution in [-0.4, -0.2) is 57.0 Å². The first-order valence-corrected chi connectivity index (χ1v) is 11.3. The molecule has 0 radical (unpaired) electrons. The number of hydrogen-bond acceptors (Lipinski definition) is 4. The molecule has 0 spiro atoms. The highest BCUT2D eigenvalue weighted by molar-refractivity contribution is 6.09. The van der Waals surface area contributed by atoms with Gasteiger partial charge in [-0.05, 0) is 30.5 Å². The monoisotopic (exact) mass is 442 g/mol. The predicted molar refractivity (Wildman–Crippen MR) is 127 cm³/mol. The Morgan fingerprint density at radius 3 is 2.70 bits per heavy atom. The fraction of sp³-hybridized carbons (Fsp3) is 0.269. The molecule has 33 heavy (non-hydrogen) atoms. The predicted octanol–water partition coefficient (Wildman–Crippen LogP) is 3.04. The number of pyridine rings is 1. The number of rotatable bonds is 6. The highest BCUT2D eigenvalue weighted by Gasteiger charge is 2.34. The molecule has 0 aliphatic carbocycles. The normalized spacial score (nSPS) is 16.9. The number of aromatic nitrogens is 2. The SMILES string of the molecule is O=C(NC(Cc1ccccc1)C(=O)N1CCCC1CO)c1cc2c(cn1)[nH]c1ccccc12. The highest BCUT2D eigenvalue weighted by atomic mass is 16.3. The molecule has 1 aliphatic rings. The van der Waals surface area contributed by atoms with E-state index >= 15 is 0 Å². The van der Waals surface area contributed by atoms with Crippen LogP contribution in [0.1, 0.15) is 28.9 Å². The summed E-state index contributed by atoms with van der Waals surface area (Å²) in [5.74, 6) is -0.562. The zero-order chi connectivity index (χ0) is 22.8. The average molecular weight is 443 g/mol. The summed E-state index contributed by atoms with van der Waals surface area (Å²) < 4.78 is 0. The zero-order valence-electron chi connectivity index (χ0n) is 18.2. The van der Waals surface area contributed by atoms with Crippen LogP contribution in [0.2, 0.25) is 0 Å². The van der Waals surface area contributed by atoms with Gasteiger partial charge in [-0.15, -0.1) is 0 Å². The van der Waals surface area contributed by atoms with E-state index < -0.39 is 11.9 Å². The number of aliphatic hydroxyl groups is 1. The van der Waals surface area contributed by atoms with E-state index in [0.717, 1.165) is 40.2 Å². The molecule has 3 heterocycles. The smallest absolute Gasteiger partial charge is 0.270 e. The van der Waals surface area contributed by atoms with Crippen molar-refractivity contribution in [2.24, 2.45) is 0 Å². The molecule has 5 rings (SSSR count). The van der Waals surface area contributed by atoms with Crippen molar-refractivity contribution in [3.8, 4) is 0 Å². The van der Waals surface area contributed by atoms with Crippen LogP contribution in [0, 0.1) is 0 Å². The van der Waals surface area contributed by atoms with Gasteiger partial charge in [-0.25, -0.2) is 4.98 Å². The van der Waals surface area contributed by atoms with Gasteiger partial charge in [-0.1, -0.05) is 48.5 Å². The molecule has 2 aromatic heterocycles. The van der Waals surface area contributed by atoms with E-state index in [9.17, 15) is 14.7 Å². The van der Waals surface area contributed by atoms with Crippen molar-refractivity contribution in [3.05, 3.63) is 78.1 Å². The Morgan fingerprint density at radius 2 is 1.88 bits per heavy atom. The van der Waals surface area contributed by atoms with Crippen LogP contribution < -0.4 is 5.32 Å². The van der Waals surface area contributed by atoms with Crippen LogP contribution in [0.4, 0.5) is 0 Å². The van der Waals surface area contributed by atoms with Gasteiger partial charge in [-0.3, -0.25) is 9.59 Å². The van der Waals surface area contributed by atoms with Gasteiger partial charge in [0, 0.05) is 29.3 Å². The minimum atomic E-state index is -0.743. The summed E-state index contributed by atoms with van der Waals surface area (Å²) in [5, 5.41) is 14.5. The quantitative estimate of drug-likeness (QED) is 0.427. The number of hydrogen-bond donors (Lipinski definition) is 3. The van der Waals surface area contributed by atoms with E-state index in [0.29, 0.717) is 13.0 Å². The fourth-order valence-corrected chi connectivity index (χ4v) is 4.67. The highest BCUT2D eigenvalue weighted by Crippen LogP contribution is 2.25. The minimum Gasteiger partial charge on any atom is -0.394 e. The molecule has 7 nitrogen and oxygen atoms in total. The van der Waals surface area contributed by atoms with Gasteiger partial charge in [-0.2, -0.15) is 0 Å². The minimum absolute atomic E-state index is 0.0729. The Bertz CT molecular complexity index is 1300. The molecule has 2 atom stereocenters. The molecule has 168 valence electrons. The third-order valence-corrected chi connectivity index (χ3v) is 6.38. The third-order valence-electron chi connectivity index (χ3n) is 6.38. The van der Waals surface area contributed by atoms with Crippen LogP contribution >= 0.6 is 0 Å². The summed E-state index contributed by atoms with van der Waals surface area (Å²) in [6, 6.07) is 18.3. The van der Waals surface area contributed by atoms with E-state index in [-0.39, 0.29) is 24.2 Å². The lowest BCUT2D eigenvalue weighted by molar-refractivity contribution is -0.134. The first-order chi connectivity index (χ1) is 16.1. The first-order valence-electron chi connectivity index (χ1n) is 11.3. The summed E-state index contributed by atoms with van der Waals surface area (Å²) in [5.41, 5.74) is 3.05. The van der Waals surface area contributed by atoms with Crippen molar-refractivity contribution in [1.29, 1.82) is 0 Å². The van der Waals surface area contributed by atoms with Gasteiger partial charge in [0.25, 0.3) is 5.91 Å². The molecule has 2 aromatic carbocycles. The van der Waals surface area contributed by atoms with Gasteiger partial charge in [0.1, 0.15) is 11.7 Å². The molecule has 3 N–H and O–H groups in total. The van der Waals surface area contributed by atoms with Gasteiger partial charge < -0.3 is 20.3 Å². The number of aliphatic hydroxyl groups excluding tert-OH is 1. The number of benzene rings is 2. The van der Waals surface area contributed by atoms with Crippen molar-refractivity contribution in [3.63, 3.8) is 0 Å². The number of likely N-dealkylation sites (tertiary alicyclic amines) is 1. The molecule has 1 aliphatic heterocycles. The largest absolute Gasteiger partial charge is 0.394 e. The van der Waals surface area contributed by atoms with Gasteiger partial charge >= 0.3 is 0 Å². The number of aromatic amines is 1. The van der Waals surface area contributed by atoms with Crippen molar-refractivity contribution in [2.45, 2.75) is 31.3 Å². The maximum absolute atomic E-state index is 13.4. The Morgan fingerprint density at radius 1 is 1.09 bits per heavy atom.